The second-order valence-corrected chi connectivity index (χ2v) is 12.8. The maximum Gasteiger partial charge on any atom is 0.309 e. The van der Waals surface area contributed by atoms with Crippen LogP contribution in [-0.4, -0.2) is 108 Å². The number of nitrogens with zero attached hydrogens (tertiary/aromatic N) is 3. The number of hydrogen-bond donors (Lipinski definition) is 1. The Balaban J connectivity index is 2.75. The molecular weight excluding hydrogens is 568 g/mol. The van der Waals surface area contributed by atoms with Crippen LogP contribution >= 0.6 is 0 Å². The Labute approximate surface area is 262 Å². The summed E-state index contributed by atoms with van der Waals surface area (Å²) in [6.07, 6.45) is 4.57. The summed E-state index contributed by atoms with van der Waals surface area (Å²) in [7, 11) is 4.71. The molecule has 0 radical (unpaired) electrons. The van der Waals surface area contributed by atoms with Gasteiger partial charge >= 0.3 is 5.97 Å². The molecule has 4 unspecified atom stereocenters. The predicted octanol–water partition coefficient (Wildman–Crippen LogP) is 2.69. The molecule has 0 fully saturated rings. The molecule has 0 aromatic carbocycles. The van der Waals surface area contributed by atoms with Crippen LogP contribution in [0.25, 0.3) is 0 Å². The van der Waals surface area contributed by atoms with Crippen molar-refractivity contribution in [1.29, 1.82) is 0 Å². The molecule has 1 heterocycles. The Morgan fingerprint density at radius 3 is 2.02 bits per heavy atom. The summed E-state index contributed by atoms with van der Waals surface area (Å²) in [5.41, 5.74) is -0.650. The first kappa shape index (κ1) is 38.7. The Kier molecular flexibility index (Phi) is 15.7. The van der Waals surface area contributed by atoms with E-state index in [1.165, 1.54) is 34.0 Å². The zero-order valence-corrected chi connectivity index (χ0v) is 28.3. The van der Waals surface area contributed by atoms with E-state index in [0.29, 0.717) is 25.8 Å². The minimum atomic E-state index is -0.782. The van der Waals surface area contributed by atoms with E-state index in [-0.39, 0.29) is 54.9 Å². The summed E-state index contributed by atoms with van der Waals surface area (Å²) in [5, 5.41) is 2.71. The van der Waals surface area contributed by atoms with Gasteiger partial charge in [-0.1, -0.05) is 40.5 Å². The topological polar surface area (TPSA) is 143 Å². The van der Waals surface area contributed by atoms with Crippen LogP contribution < -0.4 is 5.32 Å². The van der Waals surface area contributed by atoms with Crippen molar-refractivity contribution in [1.82, 2.24) is 20.0 Å². The van der Waals surface area contributed by atoms with E-state index in [9.17, 15) is 28.8 Å². The predicted molar refractivity (Wildman–Crippen MR) is 166 cm³/mol. The van der Waals surface area contributed by atoms with Crippen LogP contribution in [0.2, 0.25) is 0 Å². The van der Waals surface area contributed by atoms with Gasteiger partial charge in [0, 0.05) is 46.3 Å². The van der Waals surface area contributed by atoms with Gasteiger partial charge in [-0.3, -0.25) is 33.7 Å². The minimum absolute atomic E-state index is 0.00722. The summed E-state index contributed by atoms with van der Waals surface area (Å²) in [6, 6.07) is -1.22. The fourth-order valence-electron chi connectivity index (χ4n) is 5.32. The molecule has 12 nitrogen and oxygen atoms in total. The number of carbonyl (C=O) groups is 6. The lowest BCUT2D eigenvalue weighted by molar-refractivity contribution is -0.160. The van der Waals surface area contributed by atoms with Crippen LogP contribution in [0.4, 0.5) is 0 Å². The molecule has 250 valence electrons. The lowest BCUT2D eigenvalue weighted by Crippen LogP contribution is -2.55. The van der Waals surface area contributed by atoms with Crippen LogP contribution in [0.3, 0.4) is 0 Å². The van der Waals surface area contributed by atoms with Crippen LogP contribution in [0, 0.1) is 11.8 Å². The number of ether oxygens (including phenoxy) is 2. The molecule has 0 spiro atoms. The van der Waals surface area contributed by atoms with Crippen molar-refractivity contribution in [3.8, 4) is 0 Å². The molecule has 0 aromatic heterocycles. The summed E-state index contributed by atoms with van der Waals surface area (Å²) in [5.74, 6) is -2.28. The van der Waals surface area contributed by atoms with Gasteiger partial charge in [0.2, 0.25) is 17.7 Å². The molecule has 1 aliphatic heterocycles. The maximum absolute atomic E-state index is 13.3. The molecule has 4 atom stereocenters. The molecule has 5 amide bonds. The van der Waals surface area contributed by atoms with Gasteiger partial charge in [-0.15, -0.1) is 0 Å². The van der Waals surface area contributed by atoms with Gasteiger partial charge in [0.25, 0.3) is 11.8 Å². The van der Waals surface area contributed by atoms with Crippen LogP contribution in [0.1, 0.15) is 87.0 Å². The zero-order valence-electron chi connectivity index (χ0n) is 28.3. The highest BCUT2D eigenvalue weighted by Gasteiger charge is 2.36. The van der Waals surface area contributed by atoms with Crippen molar-refractivity contribution in [3.63, 3.8) is 0 Å². The van der Waals surface area contributed by atoms with E-state index in [2.05, 4.69) is 5.32 Å². The third kappa shape index (κ3) is 12.0. The first-order chi connectivity index (χ1) is 20.4. The largest absolute Gasteiger partial charge is 0.460 e. The Morgan fingerprint density at radius 2 is 1.52 bits per heavy atom. The lowest BCUT2D eigenvalue weighted by Gasteiger charge is -2.38. The number of hydrogen-bond acceptors (Lipinski definition) is 8. The first-order valence-corrected chi connectivity index (χ1v) is 15.5. The van der Waals surface area contributed by atoms with Crippen molar-refractivity contribution in [2.75, 3.05) is 34.3 Å². The number of imide groups is 1. The highest BCUT2D eigenvalue weighted by molar-refractivity contribution is 6.12. The first-order valence-electron chi connectivity index (χ1n) is 15.5. The molecule has 0 aromatic rings. The second kappa shape index (κ2) is 17.9. The molecule has 0 saturated carbocycles. The Bertz CT molecular complexity index is 1030. The van der Waals surface area contributed by atoms with Crippen molar-refractivity contribution in [3.05, 3.63) is 12.2 Å². The number of carbonyl (C=O) groups excluding carboxylic acids is 6. The van der Waals surface area contributed by atoms with E-state index in [1.807, 2.05) is 27.7 Å². The van der Waals surface area contributed by atoms with E-state index < -0.39 is 35.7 Å². The average molecular weight is 623 g/mol. The van der Waals surface area contributed by atoms with E-state index in [1.54, 1.807) is 34.9 Å². The van der Waals surface area contributed by atoms with Crippen molar-refractivity contribution in [2.24, 2.45) is 11.8 Å². The number of rotatable bonds is 18. The average Bonchev–Trinajstić information content (AvgIpc) is 3.25. The number of nitrogens with one attached hydrogen (secondary N) is 1. The van der Waals surface area contributed by atoms with Crippen LogP contribution in [0.5, 0.6) is 0 Å². The van der Waals surface area contributed by atoms with Crippen LogP contribution in [-0.2, 0) is 38.2 Å². The third-order valence-electron chi connectivity index (χ3n) is 7.84. The Hall–Kier alpha value is -3.28. The Morgan fingerprint density at radius 1 is 0.932 bits per heavy atom. The quantitative estimate of drug-likeness (QED) is 0.140. The van der Waals surface area contributed by atoms with Crippen molar-refractivity contribution < 1.29 is 38.2 Å². The molecule has 0 aliphatic carbocycles. The van der Waals surface area contributed by atoms with Crippen molar-refractivity contribution in [2.45, 2.75) is 111 Å². The molecule has 0 saturated heterocycles. The van der Waals surface area contributed by atoms with Gasteiger partial charge in [0.1, 0.15) is 11.6 Å². The van der Waals surface area contributed by atoms with Gasteiger partial charge in [-0.2, -0.15) is 0 Å². The van der Waals surface area contributed by atoms with Gasteiger partial charge < -0.3 is 24.6 Å². The SMILES string of the molecule is CCC(C)C(C(CC(=O)OC(C)(C)C)OC)N(C)C(=O)CNC(=O)C(C(C)C)N(C)C(=O)CCCCCN1C(=O)C=CC1=O. The van der Waals surface area contributed by atoms with Gasteiger partial charge in [-0.05, 0) is 45.4 Å². The van der Waals surface area contributed by atoms with E-state index in [4.69, 9.17) is 9.47 Å². The summed E-state index contributed by atoms with van der Waals surface area (Å²) >= 11 is 0. The highest BCUT2D eigenvalue weighted by Crippen LogP contribution is 2.23. The number of amides is 5. The molecule has 0 bridgehead atoms. The molecule has 1 aliphatic rings. The molecule has 1 N–H and O–H groups in total. The smallest absolute Gasteiger partial charge is 0.309 e. The van der Waals surface area contributed by atoms with E-state index >= 15 is 0 Å². The standard InChI is InChI=1S/C32H54N4O8/c1-11-22(4)30(23(43-10)19-28(41)44-32(5,6)7)35(9)27(40)20-33-31(42)29(21(2)3)34(8)24(37)15-13-12-14-18-36-25(38)16-17-26(36)39/h16-17,21-23,29-30H,11-15,18-20H2,1-10H3,(H,33,42). The zero-order chi connectivity index (χ0) is 33.8. The molecular formula is C32H54N4O8. The molecule has 12 heteroatoms. The summed E-state index contributed by atoms with van der Waals surface area (Å²) in [6.45, 7) is 13.0. The van der Waals surface area contributed by atoms with Gasteiger partial charge in [0.15, 0.2) is 0 Å². The fraction of sp³-hybridized carbons (Fsp3) is 0.750. The summed E-state index contributed by atoms with van der Waals surface area (Å²) < 4.78 is 11.1. The number of likely N-dealkylation sites (N-methyl/N-ethyl adjacent to an activating group) is 2. The fourth-order valence-corrected chi connectivity index (χ4v) is 5.32. The number of methoxy groups -OCH3 is 1. The lowest BCUT2D eigenvalue weighted by atomic mass is 9.91. The molecule has 1 rings (SSSR count). The monoisotopic (exact) mass is 622 g/mol. The highest BCUT2D eigenvalue weighted by atomic mass is 16.6. The van der Waals surface area contributed by atoms with Gasteiger partial charge in [-0.25, -0.2) is 0 Å². The number of unbranched alkanes of at least 4 members (excludes halogenated alkanes) is 2. The minimum Gasteiger partial charge on any atom is -0.460 e. The van der Waals surface area contributed by atoms with Crippen LogP contribution in [0.15, 0.2) is 12.2 Å². The normalized spacial score (nSPS) is 16.0. The maximum atomic E-state index is 13.3. The van der Waals surface area contributed by atoms with E-state index in [0.717, 1.165) is 6.42 Å². The summed E-state index contributed by atoms with van der Waals surface area (Å²) in [4.78, 5) is 79.4. The number of esters is 1. The molecule has 44 heavy (non-hydrogen) atoms. The van der Waals surface area contributed by atoms with Crippen molar-refractivity contribution >= 4 is 35.5 Å². The third-order valence-corrected chi connectivity index (χ3v) is 7.84. The second-order valence-electron chi connectivity index (χ2n) is 12.8. The van der Waals surface area contributed by atoms with Gasteiger partial charge in [0.05, 0.1) is 25.1 Å².